The molecule has 14 heavy (non-hydrogen) atoms. The molecule has 0 radical (unpaired) electrons. The average molecular weight is 199 g/mol. The van der Waals surface area contributed by atoms with Crippen LogP contribution in [0.25, 0.3) is 0 Å². The van der Waals surface area contributed by atoms with Gasteiger partial charge in [0.05, 0.1) is 0 Å². The first-order valence-corrected chi connectivity index (χ1v) is 5.64. The van der Waals surface area contributed by atoms with Gasteiger partial charge < -0.3 is 5.11 Å². The maximum atomic E-state index is 11.0. The third-order valence-electron chi connectivity index (χ3n) is 3.34. The van der Waals surface area contributed by atoms with E-state index in [1.54, 1.807) is 0 Å². The van der Waals surface area contributed by atoms with Crippen LogP contribution in [0, 0.1) is 0 Å². The number of nitrogens with one attached hydrogen (secondary N) is 1. The summed E-state index contributed by atoms with van der Waals surface area (Å²) in [5, 5.41) is 12.3. The molecular formula is C11H21NO2. The largest absolute Gasteiger partial charge is 0.480 e. The zero-order chi connectivity index (χ0) is 10.6. The Labute approximate surface area is 85.9 Å². The van der Waals surface area contributed by atoms with Crippen molar-refractivity contribution in [2.24, 2.45) is 0 Å². The molecule has 0 heterocycles. The normalized spacial score (nSPS) is 21.3. The van der Waals surface area contributed by atoms with Gasteiger partial charge in [-0.15, -0.1) is 0 Å². The zero-order valence-electron chi connectivity index (χ0n) is 9.18. The van der Waals surface area contributed by atoms with Crippen LogP contribution in [0.1, 0.15) is 52.4 Å². The van der Waals surface area contributed by atoms with E-state index in [0.717, 1.165) is 32.1 Å². The third kappa shape index (κ3) is 2.47. The van der Waals surface area contributed by atoms with Crippen LogP contribution in [0.4, 0.5) is 0 Å². The van der Waals surface area contributed by atoms with Crippen molar-refractivity contribution in [3.63, 3.8) is 0 Å². The second kappa shape index (κ2) is 4.78. The number of carboxylic acid groups (broad SMARTS) is 1. The van der Waals surface area contributed by atoms with Gasteiger partial charge in [0.15, 0.2) is 0 Å². The summed E-state index contributed by atoms with van der Waals surface area (Å²) in [5.41, 5.74) is 0.137. The molecule has 2 N–H and O–H groups in total. The summed E-state index contributed by atoms with van der Waals surface area (Å²) in [6, 6.07) is -0.347. The summed E-state index contributed by atoms with van der Waals surface area (Å²) in [6.45, 7) is 4.16. The Bertz CT molecular complexity index is 194. The smallest absolute Gasteiger partial charge is 0.320 e. The van der Waals surface area contributed by atoms with Gasteiger partial charge in [-0.25, -0.2) is 0 Å². The molecule has 1 aliphatic rings. The number of rotatable bonds is 6. The molecule has 1 saturated carbocycles. The fraction of sp³-hybridized carbons (Fsp3) is 0.909. The quantitative estimate of drug-likeness (QED) is 0.689. The standard InChI is InChI=1S/C11H21NO2/c1-3-6-9(10(13)14)12-11(4-2)7-5-8-11/h9,12H,3-8H2,1-2H3,(H,13,14). The number of carboxylic acids is 1. The SMILES string of the molecule is CCCC(NC1(CC)CCC1)C(=O)O. The van der Waals surface area contributed by atoms with Crippen molar-refractivity contribution in [3.05, 3.63) is 0 Å². The molecule has 82 valence electrons. The first-order valence-electron chi connectivity index (χ1n) is 5.64. The molecule has 0 aliphatic heterocycles. The van der Waals surface area contributed by atoms with Gasteiger partial charge in [-0.3, -0.25) is 10.1 Å². The van der Waals surface area contributed by atoms with Gasteiger partial charge >= 0.3 is 5.97 Å². The highest BCUT2D eigenvalue weighted by Crippen LogP contribution is 2.35. The van der Waals surface area contributed by atoms with Crippen molar-refractivity contribution < 1.29 is 9.90 Å². The molecule has 0 amide bonds. The number of carbonyl (C=O) groups is 1. The van der Waals surface area contributed by atoms with Gasteiger partial charge in [-0.1, -0.05) is 20.3 Å². The van der Waals surface area contributed by atoms with Crippen molar-refractivity contribution in [1.29, 1.82) is 0 Å². The first kappa shape index (κ1) is 11.5. The van der Waals surface area contributed by atoms with E-state index in [4.69, 9.17) is 5.11 Å². The Hall–Kier alpha value is -0.570. The van der Waals surface area contributed by atoms with E-state index in [1.807, 2.05) is 6.92 Å². The minimum atomic E-state index is -0.702. The Morgan fingerprint density at radius 1 is 1.50 bits per heavy atom. The van der Waals surface area contributed by atoms with Gasteiger partial charge in [0.2, 0.25) is 0 Å². The molecule has 0 aromatic carbocycles. The molecule has 3 nitrogen and oxygen atoms in total. The molecule has 0 saturated heterocycles. The second-order valence-electron chi connectivity index (χ2n) is 4.31. The fourth-order valence-electron chi connectivity index (χ4n) is 2.12. The molecule has 1 aliphatic carbocycles. The summed E-state index contributed by atoms with van der Waals surface area (Å²) in [5.74, 6) is -0.702. The van der Waals surface area contributed by atoms with E-state index in [1.165, 1.54) is 6.42 Å². The van der Waals surface area contributed by atoms with Gasteiger partial charge in [-0.05, 0) is 32.1 Å². The Morgan fingerprint density at radius 2 is 2.14 bits per heavy atom. The molecule has 3 heteroatoms. The zero-order valence-corrected chi connectivity index (χ0v) is 9.18. The molecule has 0 spiro atoms. The summed E-state index contributed by atoms with van der Waals surface area (Å²) in [6.07, 6.45) is 6.20. The summed E-state index contributed by atoms with van der Waals surface area (Å²) in [7, 11) is 0. The molecule has 0 aromatic heterocycles. The number of aliphatic carboxylic acids is 1. The summed E-state index contributed by atoms with van der Waals surface area (Å²) in [4.78, 5) is 11.0. The van der Waals surface area contributed by atoms with Crippen LogP contribution in [-0.4, -0.2) is 22.7 Å². The van der Waals surface area contributed by atoms with Crippen LogP contribution in [0.2, 0.25) is 0 Å². The van der Waals surface area contributed by atoms with Crippen molar-refractivity contribution in [2.75, 3.05) is 0 Å². The molecule has 0 bridgehead atoms. The topological polar surface area (TPSA) is 49.3 Å². The molecular weight excluding hydrogens is 178 g/mol. The van der Waals surface area contributed by atoms with E-state index < -0.39 is 5.97 Å². The van der Waals surface area contributed by atoms with Crippen LogP contribution in [0.5, 0.6) is 0 Å². The molecule has 1 unspecified atom stereocenters. The van der Waals surface area contributed by atoms with Crippen molar-refractivity contribution in [1.82, 2.24) is 5.32 Å². The maximum Gasteiger partial charge on any atom is 0.320 e. The molecule has 1 rings (SSSR count). The van der Waals surface area contributed by atoms with E-state index in [2.05, 4.69) is 12.2 Å². The van der Waals surface area contributed by atoms with Crippen molar-refractivity contribution in [3.8, 4) is 0 Å². The minimum Gasteiger partial charge on any atom is -0.480 e. The van der Waals surface area contributed by atoms with Crippen LogP contribution < -0.4 is 5.32 Å². The lowest BCUT2D eigenvalue weighted by Crippen LogP contribution is -2.56. The van der Waals surface area contributed by atoms with Crippen LogP contribution in [-0.2, 0) is 4.79 Å². The van der Waals surface area contributed by atoms with E-state index >= 15 is 0 Å². The number of hydrogen-bond donors (Lipinski definition) is 2. The number of hydrogen-bond acceptors (Lipinski definition) is 2. The van der Waals surface area contributed by atoms with Gasteiger partial charge in [0, 0.05) is 5.54 Å². The van der Waals surface area contributed by atoms with Gasteiger partial charge in [-0.2, -0.15) is 0 Å². The lowest BCUT2D eigenvalue weighted by molar-refractivity contribution is -0.140. The monoisotopic (exact) mass is 199 g/mol. The van der Waals surface area contributed by atoms with Crippen LogP contribution >= 0.6 is 0 Å². The highest BCUT2D eigenvalue weighted by Gasteiger charge is 2.37. The predicted octanol–water partition coefficient (Wildman–Crippen LogP) is 2.16. The Morgan fingerprint density at radius 3 is 2.43 bits per heavy atom. The highest BCUT2D eigenvalue weighted by molar-refractivity contribution is 5.73. The van der Waals surface area contributed by atoms with Gasteiger partial charge in [0.25, 0.3) is 0 Å². The third-order valence-corrected chi connectivity index (χ3v) is 3.34. The molecule has 1 fully saturated rings. The maximum absolute atomic E-state index is 11.0. The summed E-state index contributed by atoms with van der Waals surface area (Å²) < 4.78 is 0. The predicted molar refractivity (Wildman–Crippen MR) is 56.3 cm³/mol. The Kier molecular flexibility index (Phi) is 3.93. The lowest BCUT2D eigenvalue weighted by Gasteiger charge is -2.44. The van der Waals surface area contributed by atoms with Crippen molar-refractivity contribution in [2.45, 2.75) is 64.0 Å². The first-order chi connectivity index (χ1) is 6.63. The van der Waals surface area contributed by atoms with E-state index in [9.17, 15) is 4.79 Å². The average Bonchev–Trinajstić information content (AvgIpc) is 2.09. The summed E-state index contributed by atoms with van der Waals surface area (Å²) >= 11 is 0. The second-order valence-corrected chi connectivity index (χ2v) is 4.31. The van der Waals surface area contributed by atoms with Crippen LogP contribution in [0.3, 0.4) is 0 Å². The molecule has 1 atom stereocenters. The molecule has 0 aromatic rings. The van der Waals surface area contributed by atoms with Crippen molar-refractivity contribution >= 4 is 5.97 Å². The van der Waals surface area contributed by atoms with E-state index in [-0.39, 0.29) is 11.6 Å². The highest BCUT2D eigenvalue weighted by atomic mass is 16.4. The lowest BCUT2D eigenvalue weighted by atomic mass is 9.74. The van der Waals surface area contributed by atoms with Crippen LogP contribution in [0.15, 0.2) is 0 Å². The fourth-order valence-corrected chi connectivity index (χ4v) is 2.12. The van der Waals surface area contributed by atoms with E-state index in [0.29, 0.717) is 0 Å². The van der Waals surface area contributed by atoms with Gasteiger partial charge in [0.1, 0.15) is 6.04 Å². The Balaban J connectivity index is 2.49. The minimum absolute atomic E-state index is 0.137.